The van der Waals surface area contributed by atoms with Crippen LogP contribution in [-0.4, -0.2) is 69.2 Å². The summed E-state index contributed by atoms with van der Waals surface area (Å²) in [4.78, 5) is 30.3. The number of aromatic nitrogens is 4. The molecule has 162 valence electrons. The quantitative estimate of drug-likeness (QED) is 0.644. The number of carbonyl (C=O) groups is 1. The van der Waals surface area contributed by atoms with E-state index in [1.165, 1.54) is 12.3 Å². The van der Waals surface area contributed by atoms with Crippen molar-refractivity contribution in [1.29, 1.82) is 0 Å². The largest absolute Gasteiger partial charge is 0.381 e. The molecule has 31 heavy (non-hydrogen) atoms. The number of carbonyl (C=O) groups excluding carboxylic acids is 1. The van der Waals surface area contributed by atoms with Gasteiger partial charge in [-0.05, 0) is 38.0 Å². The van der Waals surface area contributed by atoms with E-state index in [4.69, 9.17) is 4.74 Å². The highest BCUT2D eigenvalue weighted by Gasteiger charge is 2.29. The molecule has 0 spiro atoms. The van der Waals surface area contributed by atoms with Crippen molar-refractivity contribution in [1.82, 2.24) is 24.4 Å². The van der Waals surface area contributed by atoms with Crippen LogP contribution < -0.4 is 4.90 Å². The van der Waals surface area contributed by atoms with Crippen molar-refractivity contribution in [3.8, 4) is 0 Å². The number of piperazine rings is 1. The maximum Gasteiger partial charge on any atom is 0.255 e. The number of hydrogen-bond acceptors (Lipinski definition) is 6. The average Bonchev–Trinajstić information content (AvgIpc) is 3.23. The van der Waals surface area contributed by atoms with Crippen LogP contribution in [0.2, 0.25) is 0 Å². The Morgan fingerprint density at radius 2 is 1.97 bits per heavy atom. The summed E-state index contributed by atoms with van der Waals surface area (Å²) in [7, 11) is 0. The van der Waals surface area contributed by atoms with Crippen LogP contribution in [0.5, 0.6) is 0 Å². The lowest BCUT2D eigenvalue weighted by molar-refractivity contribution is 0.0704. The number of ether oxygens (including phenoxy) is 1. The van der Waals surface area contributed by atoms with Crippen molar-refractivity contribution in [3.05, 3.63) is 48.3 Å². The molecule has 1 amide bonds. The van der Waals surface area contributed by atoms with Gasteiger partial charge in [-0.1, -0.05) is 0 Å². The lowest BCUT2D eigenvalue weighted by atomic mass is 10.1. The molecule has 1 unspecified atom stereocenters. The molecule has 5 rings (SSSR count). The molecule has 0 saturated carbocycles. The van der Waals surface area contributed by atoms with Crippen LogP contribution in [0.25, 0.3) is 11.2 Å². The van der Waals surface area contributed by atoms with E-state index in [1.54, 1.807) is 12.3 Å². The highest BCUT2D eigenvalue weighted by atomic mass is 19.1. The number of pyridine rings is 2. The van der Waals surface area contributed by atoms with Gasteiger partial charge >= 0.3 is 0 Å². The smallest absolute Gasteiger partial charge is 0.255 e. The number of nitrogens with zero attached hydrogens (tertiary/aromatic N) is 6. The minimum atomic E-state index is -0.354. The topological polar surface area (TPSA) is 76.4 Å². The summed E-state index contributed by atoms with van der Waals surface area (Å²) in [6.45, 7) is 5.31. The molecule has 0 aromatic carbocycles. The van der Waals surface area contributed by atoms with E-state index in [2.05, 4.69) is 24.4 Å². The monoisotopic (exact) mass is 424 g/mol. The summed E-state index contributed by atoms with van der Waals surface area (Å²) in [5.41, 5.74) is 2.09. The first-order valence-corrected chi connectivity index (χ1v) is 10.7. The number of amides is 1. The summed E-state index contributed by atoms with van der Waals surface area (Å²) in [6.07, 6.45) is 6.58. The van der Waals surface area contributed by atoms with E-state index in [-0.39, 0.29) is 17.8 Å². The number of fused-ring (bicyclic) bond motifs is 1. The van der Waals surface area contributed by atoms with Crippen LogP contribution in [-0.2, 0) is 4.74 Å². The molecule has 2 saturated heterocycles. The van der Waals surface area contributed by atoms with Crippen molar-refractivity contribution < 1.29 is 13.9 Å². The molecule has 8 nitrogen and oxygen atoms in total. The molecule has 0 aliphatic carbocycles. The third-order valence-corrected chi connectivity index (χ3v) is 6.16. The summed E-state index contributed by atoms with van der Waals surface area (Å²) >= 11 is 0. The van der Waals surface area contributed by atoms with Crippen LogP contribution >= 0.6 is 0 Å². The van der Waals surface area contributed by atoms with Crippen molar-refractivity contribution in [3.63, 3.8) is 0 Å². The van der Waals surface area contributed by atoms with Crippen LogP contribution in [0.15, 0.2) is 36.9 Å². The molecule has 3 aromatic heterocycles. The zero-order valence-corrected chi connectivity index (χ0v) is 17.4. The zero-order valence-electron chi connectivity index (χ0n) is 17.4. The van der Waals surface area contributed by atoms with Gasteiger partial charge in [0.25, 0.3) is 5.91 Å². The van der Waals surface area contributed by atoms with E-state index in [9.17, 15) is 9.18 Å². The van der Waals surface area contributed by atoms with E-state index >= 15 is 0 Å². The predicted molar refractivity (Wildman–Crippen MR) is 114 cm³/mol. The minimum absolute atomic E-state index is 0.0476. The van der Waals surface area contributed by atoms with Gasteiger partial charge in [-0.25, -0.2) is 19.3 Å². The molecule has 0 N–H and O–H groups in total. The van der Waals surface area contributed by atoms with Crippen LogP contribution in [0.3, 0.4) is 0 Å². The third-order valence-electron chi connectivity index (χ3n) is 6.16. The van der Waals surface area contributed by atoms with Gasteiger partial charge in [0.05, 0.1) is 18.1 Å². The first-order valence-electron chi connectivity index (χ1n) is 10.7. The van der Waals surface area contributed by atoms with Gasteiger partial charge in [0.1, 0.15) is 17.2 Å². The second kappa shape index (κ2) is 8.22. The average molecular weight is 424 g/mol. The molecule has 2 aliphatic rings. The molecule has 3 aromatic rings. The number of halogens is 1. The first-order chi connectivity index (χ1) is 15.1. The Hall–Kier alpha value is -3.07. The number of hydrogen-bond donors (Lipinski definition) is 0. The second-order valence-corrected chi connectivity index (χ2v) is 8.19. The number of imidazole rings is 1. The van der Waals surface area contributed by atoms with Crippen molar-refractivity contribution in [2.75, 3.05) is 37.7 Å². The number of anilines is 1. The van der Waals surface area contributed by atoms with Crippen LogP contribution in [0.4, 0.5) is 10.2 Å². The van der Waals surface area contributed by atoms with Crippen molar-refractivity contribution in [2.24, 2.45) is 0 Å². The Bertz CT molecular complexity index is 1080. The van der Waals surface area contributed by atoms with Gasteiger partial charge < -0.3 is 19.1 Å². The molecule has 0 bridgehead atoms. The maximum absolute atomic E-state index is 13.2. The van der Waals surface area contributed by atoms with Crippen molar-refractivity contribution in [2.45, 2.75) is 31.8 Å². The fourth-order valence-electron chi connectivity index (χ4n) is 4.47. The standard InChI is InChI=1S/C22H25FN6O2/c1-15-13-27(6-7-28(15)20-3-2-17(23)12-24-20)22(30)16-10-19-21(25-11-16)29(14-26-19)18-4-8-31-9-5-18/h2-3,10-12,14-15,18H,4-9,13H2,1H3. The molecular formula is C22H25FN6O2. The Labute approximate surface area is 179 Å². The molecule has 5 heterocycles. The van der Waals surface area contributed by atoms with Gasteiger partial charge in [0.15, 0.2) is 5.65 Å². The van der Waals surface area contributed by atoms with E-state index in [0.717, 1.165) is 43.0 Å². The fourth-order valence-corrected chi connectivity index (χ4v) is 4.47. The van der Waals surface area contributed by atoms with Crippen LogP contribution in [0, 0.1) is 5.82 Å². The Kier molecular flexibility index (Phi) is 5.27. The SMILES string of the molecule is CC1CN(C(=O)c2cnc3c(c2)ncn3C2CCOCC2)CCN1c1ccc(F)cn1. The van der Waals surface area contributed by atoms with Gasteiger partial charge in [-0.2, -0.15) is 0 Å². The molecule has 0 radical (unpaired) electrons. The number of rotatable bonds is 3. The summed E-state index contributed by atoms with van der Waals surface area (Å²) in [5.74, 6) is 0.323. The van der Waals surface area contributed by atoms with E-state index in [0.29, 0.717) is 31.2 Å². The highest BCUT2D eigenvalue weighted by Crippen LogP contribution is 2.25. The molecule has 2 aliphatic heterocycles. The van der Waals surface area contributed by atoms with Gasteiger partial charge in [-0.15, -0.1) is 0 Å². The van der Waals surface area contributed by atoms with E-state index < -0.39 is 0 Å². The predicted octanol–water partition coefficient (Wildman–Crippen LogP) is 2.67. The highest BCUT2D eigenvalue weighted by molar-refractivity contribution is 5.96. The Morgan fingerprint density at radius 1 is 1.13 bits per heavy atom. The zero-order chi connectivity index (χ0) is 21.4. The van der Waals surface area contributed by atoms with E-state index in [1.807, 2.05) is 24.2 Å². The first kappa shape index (κ1) is 19.9. The summed E-state index contributed by atoms with van der Waals surface area (Å²) in [6, 6.07) is 5.32. The summed E-state index contributed by atoms with van der Waals surface area (Å²) in [5, 5.41) is 0. The fraction of sp³-hybridized carbons (Fsp3) is 0.455. The normalized spacial score (nSPS) is 20.4. The third kappa shape index (κ3) is 3.85. The van der Waals surface area contributed by atoms with Gasteiger partial charge in [0, 0.05) is 51.1 Å². The lowest BCUT2D eigenvalue weighted by Crippen LogP contribution is -2.54. The lowest BCUT2D eigenvalue weighted by Gasteiger charge is -2.40. The van der Waals surface area contributed by atoms with Crippen molar-refractivity contribution >= 4 is 22.9 Å². The molecular weight excluding hydrogens is 399 g/mol. The molecule has 2 fully saturated rings. The second-order valence-electron chi connectivity index (χ2n) is 8.19. The summed E-state index contributed by atoms with van der Waals surface area (Å²) < 4.78 is 20.7. The van der Waals surface area contributed by atoms with Gasteiger partial charge in [0.2, 0.25) is 0 Å². The van der Waals surface area contributed by atoms with Gasteiger partial charge in [-0.3, -0.25) is 4.79 Å². The van der Waals surface area contributed by atoms with Crippen LogP contribution in [0.1, 0.15) is 36.2 Å². The minimum Gasteiger partial charge on any atom is -0.381 e. The Morgan fingerprint density at radius 3 is 2.71 bits per heavy atom. The molecule has 9 heteroatoms. The molecule has 1 atom stereocenters. The maximum atomic E-state index is 13.2. The Balaban J connectivity index is 1.30.